The second-order valence-corrected chi connectivity index (χ2v) is 20.8. The molecule has 20 N–H and O–H groups in total. The first kappa shape index (κ1) is 74.3. The standard InChI is InChI=1S/C52H86N14O17S/c1-26(2)41(65-50(80)42(27(3)4)64-43(73)32(55)24-67)49(79)61-34(13-9-11-19-54)46(76)60-33(12-8-10-18-53)45(75)59-28(5)51(81)66(23-39(70)56-7)37(25-84)48(78)63-35(20-30-14-16-31(68)17-15-30)47(77)62-36(21-40(71)72)44(74)57-22-38(69)58-29(6)52(82)83/h14-17,26-29,32-37,41-42,67-68,84H,8-13,18-25,53-55H2,1-7H3,(H,56,70)(H,57,74)(H,58,69)(H,59,75)(H,60,76)(H,61,79)(H,62,77)(H,63,78)(H,64,73)(H,65,80)(H,71,72)(H,82,83)/t28-,29-,32-,33-,34-,35-,36-,37-,41-,42-/m0/s1. The number of carbonyl (C=O) groups is 13. The Balaban J connectivity index is 3.62. The van der Waals surface area contributed by atoms with Crippen LogP contribution in [0.25, 0.3) is 0 Å². The van der Waals surface area contributed by atoms with Crippen LogP contribution in [0.3, 0.4) is 0 Å². The number of aliphatic hydroxyl groups excluding tert-OH is 1. The maximum atomic E-state index is 14.5. The third-order valence-corrected chi connectivity index (χ3v) is 13.2. The summed E-state index contributed by atoms with van der Waals surface area (Å²) in [6, 6.07) is -9.42. The number of carbonyl (C=O) groups excluding carboxylic acids is 11. The lowest BCUT2D eigenvalue weighted by Gasteiger charge is -2.33. The molecule has 0 aliphatic carbocycles. The van der Waals surface area contributed by atoms with E-state index in [1.54, 1.807) is 27.7 Å². The molecule has 0 aliphatic heterocycles. The highest BCUT2D eigenvalue weighted by Crippen LogP contribution is 2.15. The molecule has 11 amide bonds. The number of thiol groups is 1. The fourth-order valence-electron chi connectivity index (χ4n) is 7.88. The van der Waals surface area contributed by atoms with Gasteiger partial charge in [0.1, 0.15) is 72.7 Å². The zero-order valence-electron chi connectivity index (χ0n) is 48.4. The molecule has 32 heteroatoms. The molecule has 1 rings (SSSR count). The Morgan fingerprint density at radius 1 is 0.571 bits per heavy atom. The Labute approximate surface area is 492 Å². The average molecular weight is 1210 g/mol. The van der Waals surface area contributed by atoms with Gasteiger partial charge in [0.15, 0.2) is 0 Å². The molecule has 0 aromatic heterocycles. The molecule has 1 aromatic rings. The van der Waals surface area contributed by atoms with Crippen molar-refractivity contribution in [3.8, 4) is 5.75 Å². The normalized spacial score (nSPS) is 14.6. The lowest BCUT2D eigenvalue weighted by molar-refractivity contribution is -0.145. The monoisotopic (exact) mass is 1210 g/mol. The molecule has 1 aromatic carbocycles. The lowest BCUT2D eigenvalue weighted by atomic mass is 9.98. The highest BCUT2D eigenvalue weighted by molar-refractivity contribution is 7.80. The molecular formula is C52H86N14O17S. The predicted molar refractivity (Wildman–Crippen MR) is 305 cm³/mol. The molecule has 0 unspecified atom stereocenters. The fourth-order valence-corrected chi connectivity index (χ4v) is 8.25. The average Bonchev–Trinajstić information content (AvgIpc) is 3.49. The number of amides is 11. The summed E-state index contributed by atoms with van der Waals surface area (Å²) in [6.07, 6.45) is -0.0655. The summed E-state index contributed by atoms with van der Waals surface area (Å²) in [6.45, 7) is 6.98. The number of carboxylic acid groups (broad SMARTS) is 2. The van der Waals surface area contributed by atoms with Crippen LogP contribution in [0.1, 0.15) is 92.1 Å². The number of unbranched alkanes of at least 4 members (excludes halogenated alkanes) is 2. The van der Waals surface area contributed by atoms with Gasteiger partial charge >= 0.3 is 11.9 Å². The molecule has 0 heterocycles. The number of phenols is 1. The van der Waals surface area contributed by atoms with Crippen LogP contribution in [-0.2, 0) is 68.7 Å². The number of aliphatic carboxylic acids is 2. The van der Waals surface area contributed by atoms with Gasteiger partial charge in [-0.3, -0.25) is 62.3 Å². The molecule has 0 saturated carbocycles. The van der Waals surface area contributed by atoms with E-state index in [0.717, 1.165) is 11.8 Å². The quantitative estimate of drug-likeness (QED) is 0.0216. The zero-order valence-corrected chi connectivity index (χ0v) is 49.3. The van der Waals surface area contributed by atoms with Crippen molar-refractivity contribution >= 4 is 89.5 Å². The number of rotatable bonds is 39. The summed E-state index contributed by atoms with van der Waals surface area (Å²) >= 11 is 4.30. The van der Waals surface area contributed by atoms with Gasteiger partial charge < -0.3 is 95.7 Å². The molecule has 0 fully saturated rings. The van der Waals surface area contributed by atoms with Crippen molar-refractivity contribution in [1.29, 1.82) is 0 Å². The van der Waals surface area contributed by atoms with Crippen LogP contribution in [0.15, 0.2) is 24.3 Å². The van der Waals surface area contributed by atoms with Crippen molar-refractivity contribution in [3.63, 3.8) is 0 Å². The van der Waals surface area contributed by atoms with E-state index in [9.17, 15) is 77.6 Å². The van der Waals surface area contributed by atoms with Crippen LogP contribution in [0.2, 0.25) is 0 Å². The van der Waals surface area contributed by atoms with Crippen LogP contribution in [-0.4, -0.2) is 208 Å². The Morgan fingerprint density at radius 3 is 1.52 bits per heavy atom. The number of hydrogen-bond acceptors (Lipinski definition) is 19. The van der Waals surface area contributed by atoms with Gasteiger partial charge in [-0.25, -0.2) is 0 Å². The maximum absolute atomic E-state index is 14.5. The smallest absolute Gasteiger partial charge is 0.325 e. The number of phenolic OH excluding ortho intramolecular Hbond substituents is 1. The Morgan fingerprint density at radius 2 is 1.05 bits per heavy atom. The molecule has 31 nitrogen and oxygen atoms in total. The van der Waals surface area contributed by atoms with Crippen LogP contribution in [0.4, 0.5) is 0 Å². The Bertz CT molecular complexity index is 2420. The van der Waals surface area contributed by atoms with Crippen molar-refractivity contribution in [2.75, 3.05) is 45.6 Å². The number of nitrogens with zero attached hydrogens (tertiary/aromatic N) is 1. The van der Waals surface area contributed by atoms with E-state index in [1.807, 2.05) is 0 Å². The largest absolute Gasteiger partial charge is 0.508 e. The summed E-state index contributed by atoms with van der Waals surface area (Å²) in [7, 11) is 1.23. The second-order valence-electron chi connectivity index (χ2n) is 20.4. The van der Waals surface area contributed by atoms with Crippen molar-refractivity contribution in [3.05, 3.63) is 29.8 Å². The highest BCUT2D eigenvalue weighted by atomic mass is 32.1. The van der Waals surface area contributed by atoms with Gasteiger partial charge in [-0.15, -0.1) is 0 Å². The Hall–Kier alpha value is -7.68. The number of hydrogen-bond donors (Lipinski definition) is 18. The molecule has 472 valence electrons. The van der Waals surface area contributed by atoms with E-state index in [-0.39, 0.29) is 38.1 Å². The van der Waals surface area contributed by atoms with E-state index >= 15 is 0 Å². The van der Waals surface area contributed by atoms with E-state index in [2.05, 4.69) is 65.8 Å². The van der Waals surface area contributed by atoms with E-state index in [1.165, 1.54) is 38.2 Å². The minimum absolute atomic E-state index is 0.0116. The number of likely N-dealkylation sites (N-methyl/N-ethyl adjacent to an activating group) is 1. The SMILES string of the molecule is CNC(=O)CN(C(=O)[C@H](C)NC(=O)[C@H](CCCCN)NC(=O)[C@H](CCCCN)NC(=O)[C@@H](NC(=O)[C@@H](NC(=O)[C@@H](N)CO)C(C)C)C(C)C)[C@@H](CS)C(=O)N[C@@H](Cc1ccc(O)cc1)C(=O)N[C@@H](CC(=O)O)C(=O)NCC(=O)N[C@@H](C)C(=O)O. The summed E-state index contributed by atoms with van der Waals surface area (Å²) in [5, 5.41) is 62.2. The minimum atomic E-state index is -1.89. The van der Waals surface area contributed by atoms with Crippen molar-refractivity contribution in [1.82, 2.24) is 58.1 Å². The Kier molecular flexibility index (Phi) is 33.8. The van der Waals surface area contributed by atoms with Crippen LogP contribution in [0.5, 0.6) is 5.75 Å². The maximum Gasteiger partial charge on any atom is 0.325 e. The zero-order chi connectivity index (χ0) is 64.0. The number of benzene rings is 1. The lowest BCUT2D eigenvalue weighted by Crippen LogP contribution is -2.62. The first-order valence-corrected chi connectivity index (χ1v) is 27.9. The summed E-state index contributed by atoms with van der Waals surface area (Å²) in [5.74, 6) is -15.1. The minimum Gasteiger partial charge on any atom is -0.508 e. The third kappa shape index (κ3) is 26.3. The molecule has 0 spiro atoms. The van der Waals surface area contributed by atoms with Gasteiger partial charge in [-0.1, -0.05) is 39.8 Å². The number of nitrogens with two attached hydrogens (primary N) is 3. The van der Waals surface area contributed by atoms with Crippen molar-refractivity contribution in [2.45, 2.75) is 153 Å². The topological polar surface area (TPSA) is 504 Å². The first-order valence-electron chi connectivity index (χ1n) is 27.3. The first-order chi connectivity index (χ1) is 39.5. The number of nitrogens with one attached hydrogen (secondary N) is 10. The molecule has 0 saturated heterocycles. The highest BCUT2D eigenvalue weighted by Gasteiger charge is 2.39. The van der Waals surface area contributed by atoms with E-state index in [4.69, 9.17) is 22.3 Å². The third-order valence-electron chi connectivity index (χ3n) is 12.8. The predicted octanol–water partition coefficient (Wildman–Crippen LogP) is -5.71. The van der Waals surface area contributed by atoms with Gasteiger partial charge in [0, 0.05) is 19.2 Å². The van der Waals surface area contributed by atoms with Gasteiger partial charge in [-0.05, 0) is 95.0 Å². The molecular weight excluding hydrogens is 1120 g/mol. The fraction of sp³-hybridized carbons (Fsp3) is 0.635. The second kappa shape index (κ2) is 38.2. The van der Waals surface area contributed by atoms with Gasteiger partial charge in [0.25, 0.3) is 0 Å². The van der Waals surface area contributed by atoms with Gasteiger partial charge in [0.2, 0.25) is 65.0 Å². The summed E-state index contributed by atoms with van der Waals surface area (Å²) in [5.41, 5.74) is 17.4. The number of aliphatic hydroxyl groups is 1. The van der Waals surface area contributed by atoms with Crippen LogP contribution >= 0.6 is 12.6 Å². The summed E-state index contributed by atoms with van der Waals surface area (Å²) in [4.78, 5) is 174. The molecule has 0 bridgehead atoms. The van der Waals surface area contributed by atoms with E-state index in [0.29, 0.717) is 24.8 Å². The number of aromatic hydroxyl groups is 1. The van der Waals surface area contributed by atoms with Crippen LogP contribution < -0.4 is 70.4 Å². The van der Waals surface area contributed by atoms with Gasteiger partial charge in [0.05, 0.1) is 19.6 Å². The van der Waals surface area contributed by atoms with Crippen molar-refractivity contribution in [2.24, 2.45) is 29.0 Å². The molecule has 0 radical (unpaired) electrons. The molecule has 84 heavy (non-hydrogen) atoms. The van der Waals surface area contributed by atoms with E-state index < -0.39 is 187 Å². The van der Waals surface area contributed by atoms with Gasteiger partial charge in [-0.2, -0.15) is 12.6 Å². The van der Waals surface area contributed by atoms with Crippen molar-refractivity contribution < 1.29 is 82.8 Å². The molecule has 0 aliphatic rings. The number of carboxylic acids is 2. The molecule has 10 atom stereocenters. The summed E-state index contributed by atoms with van der Waals surface area (Å²) < 4.78 is 0. The van der Waals surface area contributed by atoms with Crippen LogP contribution in [0, 0.1) is 11.8 Å².